The molecule has 13 atom stereocenters. The highest BCUT2D eigenvalue weighted by Crippen LogP contribution is 2.75. The molecule has 0 aromatic heterocycles. The molecule has 1 aromatic carbocycles. The third kappa shape index (κ3) is 6.96. The van der Waals surface area contributed by atoms with Crippen molar-refractivity contribution < 1.29 is 39.3 Å². The second-order valence-corrected chi connectivity index (χ2v) is 23.1. The minimum Gasteiger partial charge on any atom is -0.396 e. The molecule has 5 fully saturated rings. The van der Waals surface area contributed by atoms with Gasteiger partial charge in [-0.2, -0.15) is 0 Å². The van der Waals surface area contributed by atoms with Gasteiger partial charge in [-0.3, -0.25) is 19.5 Å². The van der Waals surface area contributed by atoms with Gasteiger partial charge < -0.3 is 24.8 Å². The standard InChI is InChI=1S/C53H74N2O7/c1-30-21-32(24-35(22-30)33-14-19-61-20-15-33)25-36-28-55(38-13-17-54-44(36)38)29-37-43-42(31(2)23-39(57)48-50(5,6)62-48)40(58)27-53(43,9)52(8)16-12-41-49(3,4)47(60)34(11-10-18-56)26-51(41,7)46(52)45(37)59/h13,17,21-22,24,28,31,33-34,37-39,41,45-46,48,56-57,59H,10-12,14-16,18-20,23,25-27,29H2,1-9H3/p+1/t31-,34-,37-,38?,39-,41-,45-,46+,48+,51-,52+,53-/m1/s1. The van der Waals surface area contributed by atoms with E-state index in [0.29, 0.717) is 50.4 Å². The number of ketones is 2. The molecule has 8 aliphatic rings. The number of hydrogen-bond donors (Lipinski definition) is 4. The number of aryl methyl sites for hydroxylation is 1. The fourth-order valence-corrected chi connectivity index (χ4v) is 15.7. The van der Waals surface area contributed by atoms with Gasteiger partial charge in [-0.1, -0.05) is 65.3 Å². The van der Waals surface area contributed by atoms with Crippen LogP contribution in [0.3, 0.4) is 0 Å². The Balaban J connectivity index is 1.12. The number of nitrogens with zero attached hydrogens (tertiary/aromatic N) is 1. The minimum absolute atomic E-state index is 0.0231. The average molecular weight is 852 g/mol. The van der Waals surface area contributed by atoms with Crippen LogP contribution in [0.15, 0.2) is 58.4 Å². The number of benzene rings is 1. The number of fused-ring (bicyclic) bond motifs is 6. The number of quaternary nitrogens is 1. The van der Waals surface area contributed by atoms with Gasteiger partial charge in [0.25, 0.3) is 0 Å². The summed E-state index contributed by atoms with van der Waals surface area (Å²) in [6.45, 7) is 21.9. The van der Waals surface area contributed by atoms with Gasteiger partial charge in [0.15, 0.2) is 11.8 Å². The van der Waals surface area contributed by atoms with Gasteiger partial charge in [-0.15, -0.1) is 0 Å². The maximum atomic E-state index is 14.9. The summed E-state index contributed by atoms with van der Waals surface area (Å²) in [5.41, 5.74) is 5.97. The summed E-state index contributed by atoms with van der Waals surface area (Å²) in [7, 11) is 0. The van der Waals surface area contributed by atoms with Gasteiger partial charge in [0.05, 0.1) is 30.3 Å². The average Bonchev–Trinajstić information content (AvgIpc) is 3.48. The van der Waals surface area contributed by atoms with E-state index in [9.17, 15) is 24.9 Å². The van der Waals surface area contributed by atoms with Crippen LogP contribution in [0, 0.1) is 58.2 Å². The van der Waals surface area contributed by atoms with E-state index in [2.05, 4.69) is 78.9 Å². The normalized spacial score (nSPS) is 40.4. The monoisotopic (exact) mass is 852 g/mol. The summed E-state index contributed by atoms with van der Waals surface area (Å²) in [6.07, 6.45) is 12.1. The lowest BCUT2D eigenvalue weighted by molar-refractivity contribution is -0.856. The number of epoxide rings is 1. The number of hydrogen-bond acceptors (Lipinski definition) is 8. The summed E-state index contributed by atoms with van der Waals surface area (Å²) in [6, 6.07) is 7.07. The van der Waals surface area contributed by atoms with E-state index in [1.54, 1.807) is 0 Å². The van der Waals surface area contributed by atoms with Crippen molar-refractivity contribution >= 4 is 17.3 Å². The Kier molecular flexibility index (Phi) is 11.2. The fraction of sp³-hybridized carbons (Fsp3) is 0.717. The molecule has 0 amide bonds. The Morgan fingerprint density at radius 3 is 2.44 bits per heavy atom. The molecule has 2 saturated heterocycles. The van der Waals surface area contributed by atoms with Crippen LogP contribution >= 0.6 is 0 Å². The van der Waals surface area contributed by atoms with Gasteiger partial charge in [0, 0.05) is 61.2 Å². The first-order valence-electron chi connectivity index (χ1n) is 24.2. The third-order valence-corrected chi connectivity index (χ3v) is 18.6. The SMILES string of the molecule is Cc1cc(CC2=C[NH+](C[C@@H]3C4=C([C@H](C)C[C@@H](O)[C@@H]5OC5(C)C)C(=O)C[C@@]4(C)[C@@]4(C)CC[C@@H]5C(C)(C)C(=O)[C@H](CCCO)C[C@@]5(C)[C@@H]4[C@@H]3O)C3C=CN=C23)cc(C2CCOCC2)c1. The maximum absolute atomic E-state index is 14.9. The number of carbonyl (C=O) groups is 2. The van der Waals surface area contributed by atoms with Crippen LogP contribution in [0.5, 0.6) is 0 Å². The van der Waals surface area contributed by atoms with Gasteiger partial charge >= 0.3 is 0 Å². The lowest BCUT2D eigenvalue weighted by atomic mass is 9.34. The topological polar surface area (TPSA) is 133 Å². The van der Waals surface area contributed by atoms with E-state index in [1.807, 2.05) is 20.0 Å². The Bertz CT molecular complexity index is 2110. The van der Waals surface area contributed by atoms with Gasteiger partial charge in [0.1, 0.15) is 23.8 Å². The van der Waals surface area contributed by atoms with Gasteiger partial charge in [0.2, 0.25) is 0 Å². The van der Waals surface area contributed by atoms with E-state index in [-0.39, 0.29) is 65.1 Å². The smallest absolute Gasteiger partial charge is 0.160 e. The maximum Gasteiger partial charge on any atom is 0.160 e. The number of nitrogens with one attached hydrogen (secondary N) is 1. The summed E-state index contributed by atoms with van der Waals surface area (Å²) in [5.74, 6) is 0.184. The highest BCUT2D eigenvalue weighted by atomic mass is 16.6. The lowest BCUT2D eigenvalue weighted by Gasteiger charge is -2.70. The molecule has 2 unspecified atom stereocenters. The van der Waals surface area contributed by atoms with E-state index in [4.69, 9.17) is 14.5 Å². The van der Waals surface area contributed by atoms with Crippen molar-refractivity contribution in [1.82, 2.24) is 0 Å². The van der Waals surface area contributed by atoms with Crippen LogP contribution in [0.2, 0.25) is 0 Å². The summed E-state index contributed by atoms with van der Waals surface area (Å²) >= 11 is 0. The van der Waals surface area contributed by atoms with Crippen LogP contribution in [0.4, 0.5) is 0 Å². The number of Topliss-reactive ketones (excluding diaryl/α,β-unsaturated/α-hetero) is 2. The fourth-order valence-electron chi connectivity index (χ4n) is 15.7. The third-order valence-electron chi connectivity index (χ3n) is 18.6. The van der Waals surface area contributed by atoms with Crippen molar-refractivity contribution in [2.24, 2.45) is 56.2 Å². The van der Waals surface area contributed by atoms with Crippen molar-refractivity contribution in [2.75, 3.05) is 26.4 Å². The van der Waals surface area contributed by atoms with E-state index >= 15 is 0 Å². The minimum atomic E-state index is -0.753. The number of carbonyl (C=O) groups excluding carboxylic acids is 2. The molecular weight excluding hydrogens is 777 g/mol. The molecule has 0 bridgehead atoms. The zero-order chi connectivity index (χ0) is 44.3. The van der Waals surface area contributed by atoms with Crippen molar-refractivity contribution in [1.29, 1.82) is 0 Å². The molecule has 4 heterocycles. The predicted octanol–water partition coefficient (Wildman–Crippen LogP) is 6.81. The van der Waals surface area contributed by atoms with Crippen LogP contribution in [0.25, 0.3) is 0 Å². The van der Waals surface area contributed by atoms with Gasteiger partial charge in [-0.05, 0) is 135 Å². The largest absolute Gasteiger partial charge is 0.396 e. The molecule has 4 N–H and O–H groups in total. The molecule has 1 aromatic rings. The molecule has 0 radical (unpaired) electrons. The first-order chi connectivity index (χ1) is 29.2. The highest BCUT2D eigenvalue weighted by molar-refractivity contribution is 6.07. The molecule has 9 heteroatoms. The van der Waals surface area contributed by atoms with E-state index in [0.717, 1.165) is 62.2 Å². The molecule has 4 aliphatic heterocycles. The molecule has 3 saturated carbocycles. The molecule has 9 rings (SSSR count). The predicted molar refractivity (Wildman–Crippen MR) is 241 cm³/mol. The quantitative estimate of drug-likeness (QED) is 0.170. The summed E-state index contributed by atoms with van der Waals surface area (Å²) in [5, 5.41) is 35.0. The van der Waals surface area contributed by atoms with Crippen LogP contribution < -0.4 is 4.90 Å². The second kappa shape index (κ2) is 15.7. The molecule has 4 aliphatic carbocycles. The Morgan fingerprint density at radius 2 is 1.74 bits per heavy atom. The second-order valence-electron chi connectivity index (χ2n) is 23.1. The molecule has 62 heavy (non-hydrogen) atoms. The van der Waals surface area contributed by atoms with Crippen molar-refractivity contribution in [2.45, 2.75) is 162 Å². The molecule has 338 valence electrons. The number of rotatable bonds is 12. The van der Waals surface area contributed by atoms with Gasteiger partial charge in [-0.25, -0.2) is 0 Å². The summed E-state index contributed by atoms with van der Waals surface area (Å²) in [4.78, 5) is 35.4. The number of ether oxygens (including phenoxy) is 2. The number of aliphatic hydroxyl groups is 3. The van der Waals surface area contributed by atoms with E-state index in [1.165, 1.54) is 27.2 Å². The van der Waals surface area contributed by atoms with E-state index < -0.39 is 28.5 Å². The van der Waals surface area contributed by atoms with Crippen LogP contribution in [0.1, 0.15) is 136 Å². The number of aliphatic imine (C=N–C) groups is 1. The lowest BCUT2D eigenvalue weighted by Crippen LogP contribution is -3.11. The van der Waals surface area contributed by atoms with Crippen molar-refractivity contribution in [3.8, 4) is 0 Å². The Hall–Kier alpha value is -2.79. The Labute approximate surface area is 370 Å². The zero-order valence-corrected chi connectivity index (χ0v) is 39.1. The number of aliphatic hydroxyl groups excluding tert-OH is 3. The Morgan fingerprint density at radius 1 is 1.02 bits per heavy atom. The molecule has 0 spiro atoms. The first-order valence-corrected chi connectivity index (χ1v) is 24.2. The molecular formula is C53H75N2O7+. The van der Waals surface area contributed by atoms with Crippen LogP contribution in [-0.4, -0.2) is 88.9 Å². The zero-order valence-electron chi connectivity index (χ0n) is 39.1. The first kappa shape index (κ1) is 44.4. The number of allylic oxidation sites excluding steroid dienone is 1. The van der Waals surface area contributed by atoms with Crippen LogP contribution in [-0.2, 0) is 25.5 Å². The van der Waals surface area contributed by atoms with Crippen molar-refractivity contribution in [3.63, 3.8) is 0 Å². The highest BCUT2D eigenvalue weighted by Gasteiger charge is 2.73. The molecule has 9 nitrogen and oxygen atoms in total. The van der Waals surface area contributed by atoms with Crippen molar-refractivity contribution in [3.05, 3.63) is 70.1 Å². The summed E-state index contributed by atoms with van der Waals surface area (Å²) < 4.78 is 11.6.